The third-order valence-corrected chi connectivity index (χ3v) is 4.89. The normalized spacial score (nSPS) is 10.2. The van der Waals surface area contributed by atoms with Gasteiger partial charge in [0, 0.05) is 57.3 Å². The number of allylic oxidation sites excluding steroid dienone is 1. The van der Waals surface area contributed by atoms with E-state index in [2.05, 4.69) is 82.1 Å². The third-order valence-electron chi connectivity index (χ3n) is 2.50. The van der Waals surface area contributed by atoms with Gasteiger partial charge in [-0.1, -0.05) is 23.7 Å². The maximum atomic E-state index is 5.73. The van der Waals surface area contributed by atoms with Crippen LogP contribution in [0.5, 0.6) is 0 Å². The van der Waals surface area contributed by atoms with Crippen molar-refractivity contribution in [2.75, 3.05) is 0 Å². The number of halogens is 3. The first-order valence-electron chi connectivity index (χ1n) is 6.05. The Morgan fingerprint density at radius 1 is 1.29 bits per heavy atom. The van der Waals surface area contributed by atoms with Crippen molar-refractivity contribution in [2.45, 2.75) is 13.1 Å². The van der Waals surface area contributed by atoms with Crippen LogP contribution in [-0.4, -0.2) is 10.5 Å². The zero-order valence-corrected chi connectivity index (χ0v) is 18.8. The summed E-state index contributed by atoms with van der Waals surface area (Å²) >= 11 is 12.5. The predicted octanol–water partition coefficient (Wildman–Crippen LogP) is 4.93. The molecule has 0 amide bonds. The Bertz CT molecular complexity index is 620. The molecule has 0 atom stereocenters. The third kappa shape index (κ3) is 7.59. The van der Waals surface area contributed by atoms with E-state index in [9.17, 15) is 0 Å². The molecule has 3 nitrogen and oxygen atoms in total. The first kappa shape index (κ1) is 19.6. The molecule has 2 aromatic rings. The zero-order valence-electron chi connectivity index (χ0n) is 11.5. The van der Waals surface area contributed by atoms with Crippen LogP contribution in [0.2, 0.25) is 5.02 Å². The van der Waals surface area contributed by atoms with Crippen LogP contribution in [0.15, 0.2) is 49.3 Å². The number of rotatable bonds is 4. The Kier molecular flexibility index (Phi) is 9.68. The number of hydrogen-bond acceptors (Lipinski definition) is 1. The van der Waals surface area contributed by atoms with Gasteiger partial charge in [0.2, 0.25) is 0 Å². The Morgan fingerprint density at radius 2 is 1.90 bits per heavy atom. The van der Waals surface area contributed by atoms with Gasteiger partial charge < -0.3 is 0 Å². The molecule has 0 aliphatic rings. The Morgan fingerprint density at radius 3 is 2.33 bits per heavy atom. The standard InChI is InChI=1S/C7H6ClI2N.C7H10N2.Pt/c8-7-3-1-6(2-4-7)5-11(9)10;1-3-4-9-6-5-8(2)7-9;/h1-4H,5H2;3,5-6H,1,4H2,2H3;. The number of aromatic nitrogens is 2. The zero-order chi connectivity index (χ0) is 15.8. The van der Waals surface area contributed by atoms with E-state index in [1.807, 2.05) is 49.8 Å². The van der Waals surface area contributed by atoms with Crippen LogP contribution in [0.1, 0.15) is 5.56 Å². The molecule has 1 heterocycles. The fraction of sp³-hybridized carbons (Fsp3) is 0.214. The van der Waals surface area contributed by atoms with Crippen molar-refractivity contribution in [3.63, 3.8) is 0 Å². The van der Waals surface area contributed by atoms with Crippen molar-refractivity contribution in [3.8, 4) is 0 Å². The molecule has 0 saturated heterocycles. The largest absolute Gasteiger partial charge is 0.184 e. The van der Waals surface area contributed by atoms with E-state index < -0.39 is 0 Å². The van der Waals surface area contributed by atoms with Gasteiger partial charge >= 0.3 is 70.9 Å². The van der Waals surface area contributed by atoms with E-state index in [4.69, 9.17) is 11.6 Å². The summed E-state index contributed by atoms with van der Waals surface area (Å²) in [6.45, 7) is 5.50. The van der Waals surface area contributed by atoms with Crippen LogP contribution < -0.4 is 0 Å². The molecule has 1 aromatic heterocycles. The second-order valence-electron chi connectivity index (χ2n) is 4.18. The summed E-state index contributed by atoms with van der Waals surface area (Å²) in [4.78, 5) is 0. The topological polar surface area (TPSA) is 13.1 Å². The monoisotopic (exact) mass is 710 g/mol. The van der Waals surface area contributed by atoms with Gasteiger partial charge in [-0.15, -0.1) is 0 Å². The van der Waals surface area contributed by atoms with Crippen molar-refractivity contribution >= 4 is 57.3 Å². The fourth-order valence-corrected chi connectivity index (χ4v) is 2.95. The molecule has 0 radical (unpaired) electrons. The van der Waals surface area contributed by atoms with Crippen molar-refractivity contribution in [1.29, 1.82) is 0 Å². The summed E-state index contributed by atoms with van der Waals surface area (Å²) in [7, 11) is 2.03. The molecular weight excluding hydrogens is 695 g/mol. The number of aryl methyl sites for hydroxylation is 1. The van der Waals surface area contributed by atoms with Gasteiger partial charge in [-0.2, -0.15) is 1.33 Å². The minimum atomic E-state index is 0.794. The first-order valence-corrected chi connectivity index (χ1v) is 9.50. The molecule has 0 bridgehead atoms. The quantitative estimate of drug-likeness (QED) is 0.250. The second-order valence-corrected chi connectivity index (χ2v) is 9.81. The molecule has 0 spiro atoms. The molecular formula is C14H16ClI2N3Pt. The van der Waals surface area contributed by atoms with Gasteiger partial charge in [0.15, 0.2) is 0 Å². The molecule has 2 rings (SSSR count). The van der Waals surface area contributed by atoms with Gasteiger partial charge in [-0.3, -0.25) is 0 Å². The number of hydrogen-bond donors (Lipinski definition) is 0. The summed E-state index contributed by atoms with van der Waals surface area (Å²) in [6, 6.07) is 7.89. The van der Waals surface area contributed by atoms with E-state index in [0.717, 1.165) is 18.1 Å². The summed E-state index contributed by atoms with van der Waals surface area (Å²) in [5, 5.41) is 0.794. The van der Waals surface area contributed by atoms with Crippen LogP contribution in [0, 0.1) is 3.80 Å². The molecule has 118 valence electrons. The molecule has 7 heteroatoms. The average Bonchev–Trinajstić information content (AvgIpc) is 2.74. The number of benzene rings is 1. The summed E-state index contributed by atoms with van der Waals surface area (Å²) in [6.07, 6.45) is 5.97. The van der Waals surface area contributed by atoms with Crippen LogP contribution in [-0.2, 0) is 39.5 Å². The molecule has 0 aliphatic heterocycles. The van der Waals surface area contributed by atoms with E-state index in [1.54, 1.807) is 0 Å². The summed E-state index contributed by atoms with van der Waals surface area (Å²) in [5.41, 5.74) is 1.28. The van der Waals surface area contributed by atoms with Crippen molar-refractivity contribution < 1.29 is 19.4 Å². The van der Waals surface area contributed by atoms with Gasteiger partial charge in [0.25, 0.3) is 0 Å². The molecule has 1 aromatic carbocycles. The molecule has 0 N–H and O–H groups in total. The molecule has 21 heavy (non-hydrogen) atoms. The van der Waals surface area contributed by atoms with E-state index >= 15 is 0 Å². The number of imidazole rings is 1. The van der Waals surface area contributed by atoms with Crippen LogP contribution in [0.3, 0.4) is 0 Å². The molecule has 0 fully saturated rings. The molecule has 0 saturated carbocycles. The molecule has 0 unspecified atom stereocenters. The Balaban J connectivity index is 0.000000211. The fourth-order valence-electron chi connectivity index (χ4n) is 1.49. The predicted molar refractivity (Wildman–Crippen MR) is 102 cm³/mol. The Hall–Kier alpha value is 0.568. The van der Waals surface area contributed by atoms with E-state index in [0.29, 0.717) is 0 Å². The summed E-state index contributed by atoms with van der Waals surface area (Å²) in [5.74, 6) is 0. The van der Waals surface area contributed by atoms with Gasteiger partial charge in [0.1, 0.15) is 0 Å². The van der Waals surface area contributed by atoms with Gasteiger partial charge in [0.05, 0.1) is 0 Å². The van der Waals surface area contributed by atoms with Crippen LogP contribution in [0.4, 0.5) is 0 Å². The van der Waals surface area contributed by atoms with Crippen LogP contribution >= 0.6 is 57.3 Å². The van der Waals surface area contributed by atoms with Crippen molar-refractivity contribution in [3.05, 3.63) is 63.7 Å². The van der Waals surface area contributed by atoms with Crippen molar-refractivity contribution in [2.24, 2.45) is 7.05 Å². The maximum Gasteiger partial charge on any atom is 0.0435 e. The van der Waals surface area contributed by atoms with Gasteiger partial charge in [-0.25, -0.2) is 0 Å². The number of nitrogens with zero attached hydrogens (tertiary/aromatic N) is 3. The van der Waals surface area contributed by atoms with E-state index in [-0.39, 0.29) is 0 Å². The maximum absolute atomic E-state index is 5.73. The minimum absolute atomic E-state index is 0.794. The average molecular weight is 711 g/mol. The summed E-state index contributed by atoms with van der Waals surface area (Å²) < 4.78 is 7.50. The Labute approximate surface area is 169 Å². The SMILES string of the molecule is C=CCn1ccn(C)[c]1=[Pt].Clc1ccc(CN(I)I)cc1. The smallest absolute Gasteiger partial charge is 0.0435 e. The van der Waals surface area contributed by atoms with Crippen LogP contribution in [0.25, 0.3) is 0 Å². The second kappa shape index (κ2) is 10.4. The van der Waals surface area contributed by atoms with Crippen molar-refractivity contribution in [1.82, 2.24) is 10.5 Å². The van der Waals surface area contributed by atoms with E-state index in [1.165, 1.54) is 9.37 Å². The molecule has 0 aliphatic carbocycles. The van der Waals surface area contributed by atoms with Gasteiger partial charge in [-0.05, 0) is 17.7 Å². The first-order chi connectivity index (χ1) is 9.93. The minimum Gasteiger partial charge on any atom is -0.184 e.